The second kappa shape index (κ2) is 6.65. The van der Waals surface area contributed by atoms with Crippen molar-refractivity contribution in [1.82, 2.24) is 5.32 Å². The van der Waals surface area contributed by atoms with Crippen molar-refractivity contribution in [2.45, 2.75) is 37.8 Å². The van der Waals surface area contributed by atoms with E-state index < -0.39 is 21.8 Å². The standard InChI is InChI=1S/C14H22FNO3S/c1-9(2)13(17)8-16-10(3)11-5-6-14(12(15)7-11)20(4,18)19/h5-7,9-10,13,16-17H,8H2,1-4H3. The minimum absolute atomic E-state index is 0.138. The lowest BCUT2D eigenvalue weighted by atomic mass is 10.1. The van der Waals surface area contributed by atoms with Crippen molar-refractivity contribution in [1.29, 1.82) is 0 Å². The number of nitrogens with one attached hydrogen (secondary N) is 1. The van der Waals surface area contributed by atoms with Crippen LogP contribution in [-0.2, 0) is 9.84 Å². The maximum atomic E-state index is 13.8. The molecule has 6 heteroatoms. The summed E-state index contributed by atoms with van der Waals surface area (Å²) in [5, 5.41) is 12.8. The van der Waals surface area contributed by atoms with Crippen LogP contribution in [0.25, 0.3) is 0 Å². The zero-order valence-corrected chi connectivity index (χ0v) is 13.0. The van der Waals surface area contributed by atoms with Gasteiger partial charge in [-0.15, -0.1) is 0 Å². The molecular weight excluding hydrogens is 281 g/mol. The van der Waals surface area contributed by atoms with Gasteiger partial charge in [0.2, 0.25) is 0 Å². The second-order valence-electron chi connectivity index (χ2n) is 5.40. The molecule has 0 saturated heterocycles. The molecule has 0 bridgehead atoms. The smallest absolute Gasteiger partial charge is 0.178 e. The summed E-state index contributed by atoms with van der Waals surface area (Å²) in [5.74, 6) is -0.609. The van der Waals surface area contributed by atoms with Crippen molar-refractivity contribution >= 4 is 9.84 Å². The van der Waals surface area contributed by atoms with Crippen molar-refractivity contribution in [2.75, 3.05) is 12.8 Å². The van der Waals surface area contributed by atoms with Crippen LogP contribution in [-0.4, -0.2) is 32.4 Å². The van der Waals surface area contributed by atoms with Crippen LogP contribution in [0.5, 0.6) is 0 Å². The fraction of sp³-hybridized carbons (Fsp3) is 0.571. The average Bonchev–Trinajstić information content (AvgIpc) is 2.33. The molecule has 0 aromatic heterocycles. The van der Waals surface area contributed by atoms with E-state index in [0.29, 0.717) is 12.1 Å². The highest BCUT2D eigenvalue weighted by Gasteiger charge is 2.16. The molecule has 20 heavy (non-hydrogen) atoms. The Labute approximate surface area is 119 Å². The minimum atomic E-state index is -3.55. The van der Waals surface area contributed by atoms with Crippen molar-refractivity contribution in [3.8, 4) is 0 Å². The van der Waals surface area contributed by atoms with Gasteiger partial charge in [0.1, 0.15) is 10.7 Å². The summed E-state index contributed by atoms with van der Waals surface area (Å²) in [6.07, 6.45) is 0.503. The third-order valence-electron chi connectivity index (χ3n) is 3.26. The van der Waals surface area contributed by atoms with Gasteiger partial charge >= 0.3 is 0 Å². The van der Waals surface area contributed by atoms with E-state index in [1.54, 1.807) is 6.07 Å². The Morgan fingerprint density at radius 3 is 2.35 bits per heavy atom. The lowest BCUT2D eigenvalue weighted by molar-refractivity contribution is 0.120. The first-order valence-corrected chi connectivity index (χ1v) is 8.43. The third kappa shape index (κ3) is 4.54. The highest BCUT2D eigenvalue weighted by molar-refractivity contribution is 7.90. The molecule has 4 nitrogen and oxygen atoms in total. The van der Waals surface area contributed by atoms with Gasteiger partial charge in [-0.2, -0.15) is 0 Å². The van der Waals surface area contributed by atoms with Gasteiger partial charge in [-0.05, 0) is 30.5 Å². The Kier molecular flexibility index (Phi) is 5.68. The first kappa shape index (κ1) is 17.1. The molecule has 0 spiro atoms. The maximum Gasteiger partial charge on any atom is 0.178 e. The molecule has 2 unspecified atom stereocenters. The number of halogens is 1. The molecule has 114 valence electrons. The summed E-state index contributed by atoms with van der Waals surface area (Å²) in [6, 6.07) is 3.90. The van der Waals surface area contributed by atoms with Gasteiger partial charge < -0.3 is 10.4 Å². The fourth-order valence-corrected chi connectivity index (χ4v) is 2.47. The van der Waals surface area contributed by atoms with Gasteiger partial charge in [-0.25, -0.2) is 12.8 Å². The highest BCUT2D eigenvalue weighted by atomic mass is 32.2. The van der Waals surface area contributed by atoms with Crippen LogP contribution in [0.1, 0.15) is 32.4 Å². The Hall–Kier alpha value is -0.980. The summed E-state index contributed by atoms with van der Waals surface area (Å²) in [5.41, 5.74) is 0.644. The lowest BCUT2D eigenvalue weighted by Gasteiger charge is -2.20. The predicted molar refractivity (Wildman–Crippen MR) is 76.8 cm³/mol. The lowest BCUT2D eigenvalue weighted by Crippen LogP contribution is -2.32. The topological polar surface area (TPSA) is 66.4 Å². The molecule has 0 aliphatic carbocycles. The first-order chi connectivity index (χ1) is 9.12. The second-order valence-corrected chi connectivity index (χ2v) is 7.39. The number of benzene rings is 1. The Bertz CT molecular complexity index is 558. The molecule has 1 aromatic rings. The van der Waals surface area contributed by atoms with E-state index in [9.17, 15) is 17.9 Å². The first-order valence-electron chi connectivity index (χ1n) is 6.54. The number of sulfone groups is 1. The van der Waals surface area contributed by atoms with Crippen molar-refractivity contribution in [3.63, 3.8) is 0 Å². The van der Waals surface area contributed by atoms with Gasteiger partial charge in [-0.3, -0.25) is 0 Å². The number of aliphatic hydroxyl groups excluding tert-OH is 1. The van der Waals surface area contributed by atoms with E-state index in [2.05, 4.69) is 5.32 Å². The summed E-state index contributed by atoms with van der Waals surface area (Å²) < 4.78 is 36.4. The van der Waals surface area contributed by atoms with Crippen molar-refractivity contribution in [2.24, 2.45) is 5.92 Å². The summed E-state index contributed by atoms with van der Waals surface area (Å²) in [7, 11) is -3.55. The molecule has 1 aromatic carbocycles. The van der Waals surface area contributed by atoms with E-state index in [1.807, 2.05) is 20.8 Å². The van der Waals surface area contributed by atoms with Crippen molar-refractivity contribution < 1.29 is 17.9 Å². The van der Waals surface area contributed by atoms with Crippen LogP contribution in [0.4, 0.5) is 4.39 Å². The third-order valence-corrected chi connectivity index (χ3v) is 4.39. The highest BCUT2D eigenvalue weighted by Crippen LogP contribution is 2.20. The molecule has 0 saturated carbocycles. The minimum Gasteiger partial charge on any atom is -0.392 e. The quantitative estimate of drug-likeness (QED) is 0.842. The molecule has 2 atom stereocenters. The monoisotopic (exact) mass is 303 g/mol. The number of aliphatic hydroxyl groups is 1. The molecule has 0 radical (unpaired) electrons. The van der Waals surface area contributed by atoms with Crippen LogP contribution in [0.3, 0.4) is 0 Å². The Morgan fingerprint density at radius 2 is 1.90 bits per heavy atom. The van der Waals surface area contributed by atoms with Gasteiger partial charge in [0.25, 0.3) is 0 Å². The van der Waals surface area contributed by atoms with Crippen LogP contribution in [0, 0.1) is 11.7 Å². The van der Waals surface area contributed by atoms with Gasteiger partial charge in [-0.1, -0.05) is 19.9 Å². The molecular formula is C14H22FNO3S. The van der Waals surface area contributed by atoms with E-state index in [4.69, 9.17) is 0 Å². The van der Waals surface area contributed by atoms with Crippen LogP contribution < -0.4 is 5.32 Å². The van der Waals surface area contributed by atoms with E-state index in [1.165, 1.54) is 12.1 Å². The zero-order chi connectivity index (χ0) is 15.5. The molecule has 2 N–H and O–H groups in total. The fourth-order valence-electron chi connectivity index (χ4n) is 1.74. The van der Waals surface area contributed by atoms with E-state index in [-0.39, 0.29) is 16.9 Å². The van der Waals surface area contributed by atoms with Crippen molar-refractivity contribution in [3.05, 3.63) is 29.6 Å². The van der Waals surface area contributed by atoms with Gasteiger partial charge in [0.15, 0.2) is 9.84 Å². The van der Waals surface area contributed by atoms with E-state index >= 15 is 0 Å². The molecule has 0 aliphatic rings. The average molecular weight is 303 g/mol. The van der Waals surface area contributed by atoms with Gasteiger partial charge in [0.05, 0.1) is 6.10 Å². The molecule has 0 amide bonds. The zero-order valence-electron chi connectivity index (χ0n) is 12.2. The van der Waals surface area contributed by atoms with Crippen LogP contribution in [0.15, 0.2) is 23.1 Å². The summed E-state index contributed by atoms with van der Waals surface area (Å²) >= 11 is 0. The Morgan fingerprint density at radius 1 is 1.30 bits per heavy atom. The number of hydrogen-bond donors (Lipinski definition) is 2. The SMILES string of the molecule is CC(NCC(O)C(C)C)c1ccc(S(C)(=O)=O)c(F)c1. The molecule has 0 fully saturated rings. The maximum absolute atomic E-state index is 13.8. The predicted octanol–water partition coefficient (Wildman–Crippen LogP) is 1.90. The summed E-state index contributed by atoms with van der Waals surface area (Å²) in [4.78, 5) is -0.296. The number of hydrogen-bond acceptors (Lipinski definition) is 4. The Balaban J connectivity index is 2.80. The largest absolute Gasteiger partial charge is 0.392 e. The van der Waals surface area contributed by atoms with Crippen LogP contribution >= 0.6 is 0 Å². The van der Waals surface area contributed by atoms with Crippen LogP contribution in [0.2, 0.25) is 0 Å². The van der Waals surface area contributed by atoms with E-state index in [0.717, 1.165) is 6.26 Å². The molecule has 0 heterocycles. The summed E-state index contributed by atoms with van der Waals surface area (Å²) in [6.45, 7) is 6.06. The van der Waals surface area contributed by atoms with Gasteiger partial charge in [0, 0.05) is 18.8 Å². The molecule has 0 aliphatic heterocycles. The number of rotatable bonds is 6. The normalized spacial score (nSPS) is 15.3. The molecule has 1 rings (SSSR count).